The second-order valence-corrected chi connectivity index (χ2v) is 12.0. The van der Waals surface area contributed by atoms with Crippen LogP contribution in [-0.2, 0) is 20.0 Å². The number of hydrogen-bond donors (Lipinski definition) is 1. The maximum Gasteiger partial charge on any atom is 0.243 e. The van der Waals surface area contributed by atoms with Crippen molar-refractivity contribution in [3.05, 3.63) is 24.3 Å². The maximum absolute atomic E-state index is 12.7. The smallest absolute Gasteiger partial charge is 0.243 e. The van der Waals surface area contributed by atoms with Crippen LogP contribution in [0.5, 0.6) is 0 Å². The van der Waals surface area contributed by atoms with Crippen LogP contribution in [-0.4, -0.2) is 65.3 Å². The standard InChI is InChI=1S/C20H33N3O4S2/c1-18(17-22-12-4-2-5-13-22)16-21-28(24,25)19-8-10-20(11-9-19)29(26,27)23-14-6-3-7-15-23/h8-11,18,21H,2-7,12-17H2,1H3/t18-/m0/s1. The first kappa shape index (κ1) is 22.7. The molecule has 3 rings (SSSR count). The predicted molar refractivity (Wildman–Crippen MR) is 114 cm³/mol. The average Bonchev–Trinajstić information content (AvgIpc) is 2.74. The molecule has 1 atom stereocenters. The highest BCUT2D eigenvalue weighted by molar-refractivity contribution is 7.89. The number of sulfonamides is 2. The third kappa shape index (κ3) is 6.01. The van der Waals surface area contributed by atoms with Crippen molar-refractivity contribution in [2.45, 2.75) is 55.2 Å². The third-order valence-electron chi connectivity index (χ3n) is 5.73. The van der Waals surface area contributed by atoms with Crippen LogP contribution in [0.1, 0.15) is 45.4 Å². The van der Waals surface area contributed by atoms with Crippen molar-refractivity contribution in [3.63, 3.8) is 0 Å². The fraction of sp³-hybridized carbons (Fsp3) is 0.700. The fourth-order valence-electron chi connectivity index (χ4n) is 4.03. The first-order chi connectivity index (χ1) is 13.8. The Morgan fingerprint density at radius 1 is 0.828 bits per heavy atom. The summed E-state index contributed by atoms with van der Waals surface area (Å²) < 4.78 is 54.8. The summed E-state index contributed by atoms with van der Waals surface area (Å²) in [5.41, 5.74) is 0. The van der Waals surface area contributed by atoms with Gasteiger partial charge in [0.2, 0.25) is 20.0 Å². The highest BCUT2D eigenvalue weighted by Crippen LogP contribution is 2.22. The second-order valence-electron chi connectivity index (χ2n) is 8.25. The van der Waals surface area contributed by atoms with Crippen molar-refractivity contribution in [2.24, 2.45) is 5.92 Å². The molecule has 7 nitrogen and oxygen atoms in total. The molecule has 0 spiro atoms. The van der Waals surface area contributed by atoms with Gasteiger partial charge in [0.1, 0.15) is 0 Å². The summed E-state index contributed by atoms with van der Waals surface area (Å²) in [5.74, 6) is 0.210. The van der Waals surface area contributed by atoms with Crippen LogP contribution in [0, 0.1) is 5.92 Å². The lowest BCUT2D eigenvalue weighted by Crippen LogP contribution is -2.38. The molecule has 9 heteroatoms. The minimum absolute atomic E-state index is 0.0975. The van der Waals surface area contributed by atoms with Crippen LogP contribution >= 0.6 is 0 Å². The Balaban J connectivity index is 1.59. The minimum Gasteiger partial charge on any atom is -0.303 e. The molecule has 29 heavy (non-hydrogen) atoms. The quantitative estimate of drug-likeness (QED) is 0.666. The van der Waals surface area contributed by atoms with E-state index in [-0.39, 0.29) is 15.7 Å². The molecule has 2 aliphatic rings. The van der Waals surface area contributed by atoms with E-state index in [0.717, 1.165) is 38.9 Å². The van der Waals surface area contributed by atoms with E-state index in [0.29, 0.717) is 19.6 Å². The van der Waals surface area contributed by atoms with Crippen LogP contribution in [0.3, 0.4) is 0 Å². The Hall–Kier alpha value is -1.00. The molecule has 1 aromatic carbocycles. The van der Waals surface area contributed by atoms with Crippen LogP contribution in [0.15, 0.2) is 34.1 Å². The van der Waals surface area contributed by atoms with Gasteiger partial charge in [0.05, 0.1) is 9.79 Å². The molecule has 1 aromatic rings. The lowest BCUT2D eigenvalue weighted by atomic mass is 10.1. The number of rotatable bonds is 8. The van der Waals surface area contributed by atoms with Crippen molar-refractivity contribution in [1.82, 2.24) is 13.9 Å². The number of benzene rings is 1. The van der Waals surface area contributed by atoms with E-state index in [1.807, 2.05) is 6.92 Å². The molecule has 0 saturated carbocycles. The summed E-state index contributed by atoms with van der Waals surface area (Å²) in [5, 5.41) is 0. The molecule has 2 aliphatic heterocycles. The van der Waals surface area contributed by atoms with Crippen molar-refractivity contribution in [1.29, 1.82) is 0 Å². The summed E-state index contributed by atoms with van der Waals surface area (Å²) >= 11 is 0. The summed E-state index contributed by atoms with van der Waals surface area (Å²) in [6.07, 6.45) is 6.48. The Labute approximate surface area is 175 Å². The summed E-state index contributed by atoms with van der Waals surface area (Å²) in [4.78, 5) is 2.64. The molecule has 0 bridgehead atoms. The molecule has 2 saturated heterocycles. The predicted octanol–water partition coefficient (Wildman–Crippen LogP) is 2.26. The van der Waals surface area contributed by atoms with Gasteiger partial charge < -0.3 is 4.90 Å². The second kappa shape index (κ2) is 9.87. The Bertz CT molecular complexity index is 857. The van der Waals surface area contributed by atoms with E-state index in [2.05, 4.69) is 9.62 Å². The highest BCUT2D eigenvalue weighted by Gasteiger charge is 2.26. The zero-order chi connectivity index (χ0) is 20.9. The van der Waals surface area contributed by atoms with Crippen LogP contribution in [0.4, 0.5) is 0 Å². The molecule has 0 aliphatic carbocycles. The third-order valence-corrected chi connectivity index (χ3v) is 9.08. The molecule has 1 N–H and O–H groups in total. The zero-order valence-electron chi connectivity index (χ0n) is 17.2. The van der Waals surface area contributed by atoms with Crippen molar-refractivity contribution in [3.8, 4) is 0 Å². The number of nitrogens with one attached hydrogen (secondary N) is 1. The lowest BCUT2D eigenvalue weighted by molar-refractivity contribution is 0.201. The van der Waals surface area contributed by atoms with Crippen molar-refractivity contribution >= 4 is 20.0 Å². The number of likely N-dealkylation sites (tertiary alicyclic amines) is 1. The van der Waals surface area contributed by atoms with Crippen molar-refractivity contribution < 1.29 is 16.8 Å². The Morgan fingerprint density at radius 3 is 1.93 bits per heavy atom. The largest absolute Gasteiger partial charge is 0.303 e. The Kier molecular flexibility index (Phi) is 7.72. The van der Waals surface area contributed by atoms with Gasteiger partial charge in [0, 0.05) is 26.2 Å². The van der Waals surface area contributed by atoms with Crippen molar-refractivity contribution in [2.75, 3.05) is 39.3 Å². The fourth-order valence-corrected chi connectivity index (χ4v) is 6.71. The zero-order valence-corrected chi connectivity index (χ0v) is 18.8. The average molecular weight is 444 g/mol. The van der Waals surface area contributed by atoms with Gasteiger partial charge in [0.15, 0.2) is 0 Å². The van der Waals surface area contributed by atoms with Gasteiger partial charge in [-0.25, -0.2) is 21.6 Å². The molecular weight excluding hydrogens is 410 g/mol. The van der Waals surface area contributed by atoms with E-state index in [9.17, 15) is 16.8 Å². The van der Waals surface area contributed by atoms with E-state index in [4.69, 9.17) is 0 Å². The van der Waals surface area contributed by atoms with E-state index < -0.39 is 20.0 Å². The summed E-state index contributed by atoms with van der Waals surface area (Å²) in [6.45, 7) is 6.53. The molecule has 0 aromatic heterocycles. The maximum atomic E-state index is 12.7. The summed E-state index contributed by atoms with van der Waals surface area (Å²) in [7, 11) is -7.21. The minimum atomic E-state index is -3.66. The van der Waals surface area contributed by atoms with E-state index in [1.54, 1.807) is 0 Å². The molecule has 0 amide bonds. The molecule has 2 heterocycles. The van der Waals surface area contributed by atoms with Gasteiger partial charge in [-0.15, -0.1) is 0 Å². The monoisotopic (exact) mass is 443 g/mol. The van der Waals surface area contributed by atoms with Gasteiger partial charge in [-0.2, -0.15) is 4.31 Å². The number of piperidine rings is 2. The topological polar surface area (TPSA) is 86.8 Å². The van der Waals surface area contributed by atoms with Gasteiger partial charge >= 0.3 is 0 Å². The molecule has 0 radical (unpaired) electrons. The van der Waals surface area contributed by atoms with Gasteiger partial charge in [0.25, 0.3) is 0 Å². The number of nitrogens with zero attached hydrogens (tertiary/aromatic N) is 2. The molecule has 2 fully saturated rings. The van der Waals surface area contributed by atoms with Crippen LogP contribution in [0.2, 0.25) is 0 Å². The summed E-state index contributed by atoms with van der Waals surface area (Å²) in [6, 6.07) is 5.56. The lowest BCUT2D eigenvalue weighted by Gasteiger charge is -2.29. The Morgan fingerprint density at radius 2 is 1.34 bits per heavy atom. The van der Waals surface area contributed by atoms with Gasteiger partial charge in [-0.05, 0) is 69.0 Å². The van der Waals surface area contributed by atoms with Crippen LogP contribution < -0.4 is 4.72 Å². The van der Waals surface area contributed by atoms with Gasteiger partial charge in [-0.1, -0.05) is 19.8 Å². The highest BCUT2D eigenvalue weighted by atomic mass is 32.2. The van der Waals surface area contributed by atoms with Gasteiger partial charge in [-0.3, -0.25) is 0 Å². The normalized spacial score (nSPS) is 21.1. The van der Waals surface area contributed by atoms with E-state index in [1.165, 1.54) is 47.8 Å². The first-order valence-electron chi connectivity index (χ1n) is 10.6. The number of hydrogen-bond acceptors (Lipinski definition) is 5. The van der Waals surface area contributed by atoms with E-state index >= 15 is 0 Å². The molecular formula is C20H33N3O4S2. The SMILES string of the molecule is C[C@@H](CNS(=O)(=O)c1ccc(S(=O)(=O)N2CCCCC2)cc1)CN1CCCCC1. The first-order valence-corrected chi connectivity index (χ1v) is 13.5. The molecule has 0 unspecified atom stereocenters. The molecule has 164 valence electrons. The van der Waals surface area contributed by atoms with Crippen LogP contribution in [0.25, 0.3) is 0 Å².